The van der Waals surface area contributed by atoms with E-state index in [9.17, 15) is 13.2 Å². The first-order valence-electron chi connectivity index (χ1n) is 3.10. The van der Waals surface area contributed by atoms with Crippen molar-refractivity contribution in [1.82, 2.24) is 4.98 Å². The molecule has 0 bridgehead atoms. The highest BCUT2D eigenvalue weighted by Crippen LogP contribution is 2.26. The summed E-state index contributed by atoms with van der Waals surface area (Å²) in [6.45, 7) is 0. The topological polar surface area (TPSA) is 36.7 Å². The molecule has 68 valence electrons. The summed E-state index contributed by atoms with van der Waals surface area (Å²) < 4.78 is 36.9. The van der Waals surface area contributed by atoms with E-state index in [0.29, 0.717) is 6.07 Å². The van der Waals surface area contributed by atoms with Gasteiger partial charge in [-0.25, -0.2) is 13.8 Å². The molecular weight excluding hydrogens is 296 g/mol. The van der Waals surface area contributed by atoms with Crippen LogP contribution < -0.4 is 0 Å². The molecule has 0 saturated carbocycles. The summed E-state index contributed by atoms with van der Waals surface area (Å²) in [5.41, 5.74) is -0.878. The summed E-state index contributed by atoms with van der Waals surface area (Å²) in [5.74, 6) is -0.926. The van der Waals surface area contributed by atoms with Crippen molar-refractivity contribution in [1.29, 1.82) is 5.26 Å². The lowest BCUT2D eigenvalue weighted by molar-refractivity contribution is 0.149. The highest BCUT2D eigenvalue weighted by molar-refractivity contribution is 14.1. The molecule has 0 unspecified atom stereocenters. The number of nitrogens with zero attached hydrogens (tertiary/aromatic N) is 2. The molecule has 1 heterocycles. The second kappa shape index (κ2) is 3.91. The van der Waals surface area contributed by atoms with Gasteiger partial charge in [-0.1, -0.05) is 0 Å². The van der Waals surface area contributed by atoms with E-state index in [1.807, 2.05) is 0 Å². The van der Waals surface area contributed by atoms with Crippen molar-refractivity contribution in [3.63, 3.8) is 0 Å². The van der Waals surface area contributed by atoms with E-state index in [-0.39, 0.29) is 9.26 Å². The first kappa shape index (κ1) is 10.2. The summed E-state index contributed by atoms with van der Waals surface area (Å²) in [5, 5.41) is 8.44. The Bertz CT molecular complexity index is 373. The quantitative estimate of drug-likeness (QED) is 0.590. The SMILES string of the molecule is N#Cc1cc(F)nc(I)c1C(F)F. The van der Waals surface area contributed by atoms with Gasteiger partial charge in [0, 0.05) is 6.07 Å². The average Bonchev–Trinajstić information content (AvgIpc) is 2.01. The van der Waals surface area contributed by atoms with Gasteiger partial charge in [0.15, 0.2) is 0 Å². The molecule has 0 N–H and O–H groups in total. The number of rotatable bonds is 1. The molecule has 0 fully saturated rings. The minimum absolute atomic E-state index is 0.177. The molecule has 0 aliphatic rings. The summed E-state index contributed by atoms with van der Waals surface area (Å²) in [6, 6.07) is 2.19. The van der Waals surface area contributed by atoms with Crippen molar-refractivity contribution in [2.45, 2.75) is 6.43 Å². The number of aromatic nitrogens is 1. The van der Waals surface area contributed by atoms with Gasteiger partial charge in [-0.05, 0) is 22.6 Å². The fourth-order valence-corrected chi connectivity index (χ4v) is 1.55. The molecule has 0 aromatic carbocycles. The molecule has 1 aromatic heterocycles. The van der Waals surface area contributed by atoms with E-state index in [1.54, 1.807) is 0 Å². The predicted octanol–water partition coefficient (Wildman–Crippen LogP) is 2.63. The largest absolute Gasteiger partial charge is 0.267 e. The Morgan fingerprint density at radius 1 is 1.54 bits per heavy atom. The van der Waals surface area contributed by atoms with Crippen LogP contribution in [0.5, 0.6) is 0 Å². The maximum absolute atomic E-state index is 12.5. The number of nitriles is 1. The van der Waals surface area contributed by atoms with Gasteiger partial charge in [0.05, 0.1) is 17.2 Å². The first-order chi connectivity index (χ1) is 6.06. The Kier molecular flexibility index (Phi) is 3.08. The molecule has 0 aliphatic carbocycles. The van der Waals surface area contributed by atoms with Gasteiger partial charge in [0.1, 0.15) is 3.70 Å². The van der Waals surface area contributed by atoms with Crippen LogP contribution in [0.25, 0.3) is 0 Å². The molecule has 0 amide bonds. The molecule has 1 aromatic rings. The summed E-state index contributed by atoms with van der Waals surface area (Å²) in [6.07, 6.45) is -2.81. The van der Waals surface area contributed by atoms with Crippen molar-refractivity contribution in [2.24, 2.45) is 0 Å². The lowest BCUT2D eigenvalue weighted by Crippen LogP contribution is -2.00. The normalized spacial score (nSPS) is 10.2. The number of pyridine rings is 1. The van der Waals surface area contributed by atoms with E-state index < -0.39 is 17.9 Å². The Balaban J connectivity index is 3.41. The van der Waals surface area contributed by atoms with Crippen molar-refractivity contribution < 1.29 is 13.2 Å². The number of halogens is 4. The van der Waals surface area contributed by atoms with Gasteiger partial charge in [0.25, 0.3) is 6.43 Å². The Hall–Kier alpha value is -0.840. The van der Waals surface area contributed by atoms with Crippen LogP contribution in [0.2, 0.25) is 0 Å². The van der Waals surface area contributed by atoms with Gasteiger partial charge < -0.3 is 0 Å². The highest BCUT2D eigenvalue weighted by Gasteiger charge is 2.19. The third-order valence-corrected chi connectivity index (χ3v) is 2.14. The van der Waals surface area contributed by atoms with Crippen molar-refractivity contribution in [2.75, 3.05) is 0 Å². The lowest BCUT2D eigenvalue weighted by Gasteiger charge is -2.03. The Morgan fingerprint density at radius 2 is 2.15 bits per heavy atom. The van der Waals surface area contributed by atoms with Gasteiger partial charge in [-0.2, -0.15) is 9.65 Å². The van der Waals surface area contributed by atoms with Crippen molar-refractivity contribution in [3.05, 3.63) is 26.8 Å². The van der Waals surface area contributed by atoms with Gasteiger partial charge in [-0.3, -0.25) is 0 Å². The minimum atomic E-state index is -2.81. The molecule has 0 spiro atoms. The van der Waals surface area contributed by atoms with E-state index in [2.05, 4.69) is 4.98 Å². The van der Waals surface area contributed by atoms with E-state index in [1.165, 1.54) is 28.7 Å². The van der Waals surface area contributed by atoms with Crippen LogP contribution in [0.3, 0.4) is 0 Å². The standard InChI is InChI=1S/C7H2F3IN2/c8-4-1-3(2-12)5(6(9)10)7(11)13-4/h1,6H. The maximum Gasteiger partial charge on any atom is 0.267 e. The second-order valence-corrected chi connectivity index (χ2v) is 3.13. The molecule has 6 heteroatoms. The molecule has 2 nitrogen and oxygen atoms in total. The minimum Gasteiger partial charge on any atom is -0.213 e. The average molecular weight is 298 g/mol. The van der Waals surface area contributed by atoms with E-state index in [4.69, 9.17) is 5.26 Å². The molecule has 0 aliphatic heterocycles. The third-order valence-electron chi connectivity index (χ3n) is 1.32. The molecule has 1 rings (SSSR count). The second-order valence-electron chi connectivity index (χ2n) is 2.11. The van der Waals surface area contributed by atoms with Gasteiger partial charge >= 0.3 is 0 Å². The summed E-state index contributed by atoms with van der Waals surface area (Å²) in [4.78, 5) is 3.19. The first-order valence-corrected chi connectivity index (χ1v) is 4.18. The fraction of sp³-hybridized carbons (Fsp3) is 0.143. The zero-order chi connectivity index (χ0) is 10.0. The highest BCUT2D eigenvalue weighted by atomic mass is 127. The number of alkyl halides is 2. The zero-order valence-corrected chi connectivity index (χ0v) is 8.22. The maximum atomic E-state index is 12.5. The van der Waals surface area contributed by atoms with Gasteiger partial charge in [-0.15, -0.1) is 0 Å². The van der Waals surface area contributed by atoms with Crippen LogP contribution in [0, 0.1) is 21.0 Å². The zero-order valence-electron chi connectivity index (χ0n) is 6.06. The molecule has 0 saturated heterocycles. The predicted molar refractivity (Wildman–Crippen MR) is 46.6 cm³/mol. The fourth-order valence-electron chi connectivity index (χ4n) is 0.794. The van der Waals surface area contributed by atoms with E-state index in [0.717, 1.165) is 0 Å². The monoisotopic (exact) mass is 298 g/mol. The van der Waals surface area contributed by atoms with Crippen LogP contribution >= 0.6 is 22.6 Å². The van der Waals surface area contributed by atoms with Crippen LogP contribution in [0.4, 0.5) is 13.2 Å². The molecular formula is C7H2F3IN2. The number of hydrogen-bond donors (Lipinski definition) is 0. The van der Waals surface area contributed by atoms with Crippen molar-refractivity contribution in [3.8, 4) is 6.07 Å². The van der Waals surface area contributed by atoms with E-state index >= 15 is 0 Å². The Morgan fingerprint density at radius 3 is 2.62 bits per heavy atom. The van der Waals surface area contributed by atoms with Crippen molar-refractivity contribution >= 4 is 22.6 Å². The Labute approximate surface area is 85.5 Å². The van der Waals surface area contributed by atoms with Gasteiger partial charge in [0.2, 0.25) is 5.95 Å². The summed E-state index contributed by atoms with van der Waals surface area (Å²) >= 11 is 1.47. The smallest absolute Gasteiger partial charge is 0.213 e. The molecule has 0 atom stereocenters. The summed E-state index contributed by atoms with van der Waals surface area (Å²) in [7, 11) is 0. The van der Waals surface area contributed by atoms with Crippen LogP contribution in [0.1, 0.15) is 17.6 Å². The lowest BCUT2D eigenvalue weighted by atomic mass is 10.1. The van der Waals surface area contributed by atoms with Crippen LogP contribution in [-0.2, 0) is 0 Å². The van der Waals surface area contributed by atoms with Crippen LogP contribution in [0.15, 0.2) is 6.07 Å². The molecule has 0 radical (unpaired) electrons. The van der Waals surface area contributed by atoms with Crippen LogP contribution in [-0.4, -0.2) is 4.98 Å². The third kappa shape index (κ3) is 2.09. The molecule has 13 heavy (non-hydrogen) atoms. The number of hydrogen-bond acceptors (Lipinski definition) is 2.